The van der Waals surface area contributed by atoms with Gasteiger partial charge in [0.05, 0.1) is 6.54 Å². The molecule has 0 fully saturated rings. The summed E-state index contributed by atoms with van der Waals surface area (Å²) >= 11 is 0. The molecule has 0 spiro atoms. The van der Waals surface area contributed by atoms with Crippen molar-refractivity contribution in [3.05, 3.63) is 29.8 Å². The van der Waals surface area contributed by atoms with Gasteiger partial charge in [0.1, 0.15) is 6.04 Å². The van der Waals surface area contributed by atoms with Crippen molar-refractivity contribution in [1.29, 1.82) is 0 Å². The van der Waals surface area contributed by atoms with Gasteiger partial charge < -0.3 is 32.0 Å². The molecule has 0 saturated carbocycles. The smallest absolute Gasteiger partial charge is 0.550 e. The number of anilines is 1. The Kier molecular flexibility index (Phi) is 18.6. The number of hydroxylamine groups is 1. The van der Waals surface area contributed by atoms with E-state index in [1.165, 1.54) is 5.48 Å². The minimum absolute atomic E-state index is 0. The maximum Gasteiger partial charge on any atom is 1.00 e. The molecule has 0 aliphatic carbocycles. The van der Waals surface area contributed by atoms with E-state index in [1.54, 1.807) is 0 Å². The predicted octanol–water partition coefficient (Wildman–Crippen LogP) is -2.48. The number of carbonyl (C=O) groups excluding carboxylic acids is 3. The van der Waals surface area contributed by atoms with Crippen LogP contribution in [-0.2, 0) is 20.9 Å². The van der Waals surface area contributed by atoms with E-state index < -0.39 is 24.3 Å². The van der Waals surface area contributed by atoms with Crippen LogP contribution in [0, 0.1) is 0 Å². The standard InChI is InChI=1S/C23H38N6O5.Na/c24-23(25)27-16-17-10-7-8-11-18(17)26-15-9-5-3-1-2-4-6-12-20(30)28-19(22(33)29-34)13-14-21(31)32;/h7-8,10-11,19,26,34H,1-6,9,12-16H2,(H,28,30)(H,29,33)(H,31,32)(H4,24,25,27);/q;+1/p-1. The molecule has 0 aliphatic heterocycles. The molecule has 0 heterocycles. The van der Waals surface area contributed by atoms with Gasteiger partial charge in [-0.2, -0.15) is 0 Å². The van der Waals surface area contributed by atoms with Crippen LogP contribution in [0.25, 0.3) is 0 Å². The summed E-state index contributed by atoms with van der Waals surface area (Å²) in [7, 11) is 0. The molecule has 0 saturated heterocycles. The van der Waals surface area contributed by atoms with Crippen molar-refractivity contribution in [2.75, 3.05) is 11.9 Å². The van der Waals surface area contributed by atoms with E-state index in [2.05, 4.69) is 15.6 Å². The number of rotatable bonds is 18. The molecule has 1 atom stereocenters. The molecule has 12 heteroatoms. The summed E-state index contributed by atoms with van der Waals surface area (Å²) in [6, 6.07) is 6.83. The first-order chi connectivity index (χ1) is 16.3. The second-order valence-electron chi connectivity index (χ2n) is 8.06. The SMILES string of the molecule is NC(N)=NCc1ccccc1NCCCCCCCCCC(=O)NC(CCC(=O)[O-])C(=O)NO.[Na+]. The number of nitrogens with one attached hydrogen (secondary N) is 3. The number of benzene rings is 1. The third-order valence-electron chi connectivity index (χ3n) is 5.24. The second kappa shape index (κ2) is 19.9. The number of carboxylic acids is 1. The van der Waals surface area contributed by atoms with Crippen LogP contribution in [0.5, 0.6) is 0 Å². The molecule has 190 valence electrons. The Morgan fingerprint density at radius 2 is 1.60 bits per heavy atom. The molecule has 0 aliphatic rings. The fraction of sp³-hybridized carbons (Fsp3) is 0.565. The number of hydrogen-bond donors (Lipinski definition) is 6. The number of unbranched alkanes of at least 4 members (excludes halogenated alkanes) is 6. The zero-order valence-electron chi connectivity index (χ0n) is 20.6. The summed E-state index contributed by atoms with van der Waals surface area (Å²) < 4.78 is 0. The van der Waals surface area contributed by atoms with Crippen LogP contribution in [0.4, 0.5) is 5.69 Å². The summed E-state index contributed by atoms with van der Waals surface area (Å²) in [5.41, 5.74) is 14.3. The summed E-state index contributed by atoms with van der Waals surface area (Å²) in [6.45, 7) is 1.30. The van der Waals surface area contributed by atoms with Gasteiger partial charge in [0, 0.05) is 24.6 Å². The molecule has 35 heavy (non-hydrogen) atoms. The molecule has 8 N–H and O–H groups in total. The largest absolute Gasteiger partial charge is 1.00 e. The van der Waals surface area contributed by atoms with Crippen LogP contribution in [-0.4, -0.2) is 41.5 Å². The number of aliphatic carboxylic acids is 1. The zero-order chi connectivity index (χ0) is 25.2. The zero-order valence-corrected chi connectivity index (χ0v) is 22.6. The van der Waals surface area contributed by atoms with Crippen molar-refractivity contribution in [2.24, 2.45) is 16.5 Å². The molecule has 1 aromatic rings. The first kappa shape index (κ1) is 32.7. The van der Waals surface area contributed by atoms with Crippen molar-refractivity contribution in [3.8, 4) is 0 Å². The molecular weight excluding hydrogens is 463 g/mol. The van der Waals surface area contributed by atoms with Gasteiger partial charge in [0.2, 0.25) is 5.91 Å². The van der Waals surface area contributed by atoms with Crippen LogP contribution in [0.1, 0.15) is 69.8 Å². The van der Waals surface area contributed by atoms with Gasteiger partial charge in [-0.1, -0.05) is 50.3 Å². The van der Waals surface area contributed by atoms with Crippen LogP contribution in [0.3, 0.4) is 0 Å². The Hall–Kier alpha value is -2.34. The molecule has 1 unspecified atom stereocenters. The van der Waals surface area contributed by atoms with Crippen LogP contribution in [0.2, 0.25) is 0 Å². The molecule has 1 rings (SSSR count). The monoisotopic (exact) mass is 500 g/mol. The molecule has 0 aromatic heterocycles. The van der Waals surface area contributed by atoms with Gasteiger partial charge in [-0.25, -0.2) is 10.5 Å². The number of carbonyl (C=O) groups is 3. The van der Waals surface area contributed by atoms with Gasteiger partial charge in [-0.3, -0.25) is 14.8 Å². The first-order valence-corrected chi connectivity index (χ1v) is 11.6. The molecule has 11 nitrogen and oxygen atoms in total. The summed E-state index contributed by atoms with van der Waals surface area (Å²) in [5, 5.41) is 25.1. The average Bonchev–Trinajstić information content (AvgIpc) is 2.81. The number of aliphatic imine (C=N–C) groups is 1. The van der Waals surface area contributed by atoms with Gasteiger partial charge in [0.25, 0.3) is 5.91 Å². The first-order valence-electron chi connectivity index (χ1n) is 11.6. The summed E-state index contributed by atoms with van der Waals surface area (Å²) in [5.74, 6) is -2.45. The third-order valence-corrected chi connectivity index (χ3v) is 5.24. The molecule has 0 radical (unpaired) electrons. The number of para-hydroxylation sites is 1. The Morgan fingerprint density at radius 3 is 2.23 bits per heavy atom. The van der Waals surface area contributed by atoms with E-state index >= 15 is 0 Å². The average molecular weight is 501 g/mol. The van der Waals surface area contributed by atoms with Crippen LogP contribution >= 0.6 is 0 Å². The van der Waals surface area contributed by atoms with E-state index in [9.17, 15) is 19.5 Å². The third kappa shape index (κ3) is 16.0. The van der Waals surface area contributed by atoms with Gasteiger partial charge in [-0.15, -0.1) is 0 Å². The van der Waals surface area contributed by atoms with Crippen molar-refractivity contribution >= 4 is 29.4 Å². The van der Waals surface area contributed by atoms with E-state index in [-0.39, 0.29) is 54.3 Å². The minimum Gasteiger partial charge on any atom is -0.550 e. The normalized spacial score (nSPS) is 11.0. The minimum atomic E-state index is -1.33. The molecular formula is C23H37N6NaO5. The van der Waals surface area contributed by atoms with Gasteiger partial charge in [-0.05, 0) is 37.3 Å². The number of carboxylic acid groups (broad SMARTS) is 1. The van der Waals surface area contributed by atoms with E-state index in [1.807, 2.05) is 24.3 Å². The maximum atomic E-state index is 12.0. The Balaban J connectivity index is 0.0000116. The van der Waals surface area contributed by atoms with Gasteiger partial charge in [0.15, 0.2) is 5.96 Å². The van der Waals surface area contributed by atoms with Crippen LogP contribution in [0.15, 0.2) is 29.3 Å². The van der Waals surface area contributed by atoms with Crippen molar-refractivity contribution in [2.45, 2.75) is 76.8 Å². The van der Waals surface area contributed by atoms with Gasteiger partial charge >= 0.3 is 29.6 Å². The Morgan fingerprint density at radius 1 is 0.971 bits per heavy atom. The summed E-state index contributed by atoms with van der Waals surface area (Å²) in [4.78, 5) is 38.1. The number of amides is 2. The van der Waals surface area contributed by atoms with E-state index in [0.29, 0.717) is 13.0 Å². The van der Waals surface area contributed by atoms with Crippen LogP contribution < -0.4 is 62.2 Å². The van der Waals surface area contributed by atoms with Crippen molar-refractivity contribution in [1.82, 2.24) is 10.8 Å². The summed E-state index contributed by atoms with van der Waals surface area (Å²) in [6.07, 6.45) is 6.59. The second-order valence-corrected chi connectivity index (χ2v) is 8.06. The predicted molar refractivity (Wildman–Crippen MR) is 127 cm³/mol. The number of guanidine groups is 1. The van der Waals surface area contributed by atoms with E-state index in [4.69, 9.17) is 16.7 Å². The fourth-order valence-corrected chi connectivity index (χ4v) is 3.40. The fourth-order valence-electron chi connectivity index (χ4n) is 3.40. The van der Waals surface area contributed by atoms with Crippen molar-refractivity contribution < 1.29 is 54.3 Å². The number of hydrogen-bond acceptors (Lipinski definition) is 7. The topological polar surface area (TPSA) is 195 Å². The molecule has 0 bridgehead atoms. The Labute approximate surface area is 228 Å². The maximum absolute atomic E-state index is 12.0. The Bertz CT molecular complexity index is 804. The quantitative estimate of drug-likeness (QED) is 0.0318. The van der Waals surface area contributed by atoms with Crippen molar-refractivity contribution in [3.63, 3.8) is 0 Å². The molecule has 2 amide bonds. The number of nitrogens with two attached hydrogens (primary N) is 2. The molecule has 1 aromatic carbocycles. The number of nitrogens with zero attached hydrogens (tertiary/aromatic N) is 1. The van der Waals surface area contributed by atoms with E-state index in [0.717, 1.165) is 56.3 Å².